The SMILES string of the molecule is CCOc1ccc(-c2csc(NC(=O)COC(=O)c3ccc4ncoc4c3)n2)cc1. The molecule has 1 amide bonds. The van der Waals surface area contributed by atoms with Crippen molar-refractivity contribution in [3.05, 3.63) is 59.8 Å². The van der Waals surface area contributed by atoms with Crippen LogP contribution in [0.2, 0.25) is 0 Å². The Balaban J connectivity index is 1.32. The summed E-state index contributed by atoms with van der Waals surface area (Å²) in [6.07, 6.45) is 1.29. The molecule has 0 atom stereocenters. The molecular weight excluding hydrogens is 406 g/mol. The number of hydrogen-bond acceptors (Lipinski definition) is 8. The lowest BCUT2D eigenvalue weighted by Crippen LogP contribution is -2.20. The van der Waals surface area contributed by atoms with Crippen molar-refractivity contribution < 1.29 is 23.5 Å². The summed E-state index contributed by atoms with van der Waals surface area (Å²) >= 11 is 1.29. The second kappa shape index (κ2) is 8.75. The summed E-state index contributed by atoms with van der Waals surface area (Å²) in [4.78, 5) is 32.6. The molecule has 0 fully saturated rings. The van der Waals surface area contributed by atoms with Gasteiger partial charge in [-0.15, -0.1) is 11.3 Å². The third-order valence-electron chi connectivity index (χ3n) is 4.11. The maximum Gasteiger partial charge on any atom is 0.338 e. The van der Waals surface area contributed by atoms with Gasteiger partial charge in [0.2, 0.25) is 0 Å². The van der Waals surface area contributed by atoms with E-state index in [2.05, 4.69) is 15.3 Å². The average molecular weight is 423 g/mol. The molecule has 0 radical (unpaired) electrons. The number of fused-ring (bicyclic) bond motifs is 1. The first-order valence-electron chi connectivity index (χ1n) is 9.11. The van der Waals surface area contributed by atoms with Crippen molar-refractivity contribution in [3.8, 4) is 17.0 Å². The van der Waals surface area contributed by atoms with Crippen LogP contribution in [0.1, 0.15) is 17.3 Å². The van der Waals surface area contributed by atoms with Crippen LogP contribution in [-0.2, 0) is 9.53 Å². The topological polar surface area (TPSA) is 104 Å². The number of hydrogen-bond donors (Lipinski definition) is 1. The van der Waals surface area contributed by atoms with E-state index < -0.39 is 18.5 Å². The monoisotopic (exact) mass is 423 g/mol. The van der Waals surface area contributed by atoms with Gasteiger partial charge in [-0.25, -0.2) is 14.8 Å². The number of thiazole rings is 1. The first-order valence-corrected chi connectivity index (χ1v) is 9.99. The van der Waals surface area contributed by atoms with Crippen molar-refractivity contribution in [1.29, 1.82) is 0 Å². The Morgan fingerprint density at radius 2 is 2.00 bits per heavy atom. The molecule has 0 unspecified atom stereocenters. The van der Waals surface area contributed by atoms with Crippen molar-refractivity contribution in [2.24, 2.45) is 0 Å². The van der Waals surface area contributed by atoms with Gasteiger partial charge in [0.15, 0.2) is 23.7 Å². The van der Waals surface area contributed by atoms with Crippen molar-refractivity contribution in [3.63, 3.8) is 0 Å². The Bertz CT molecular complexity index is 1180. The minimum atomic E-state index is -0.627. The lowest BCUT2D eigenvalue weighted by molar-refractivity contribution is -0.119. The zero-order chi connectivity index (χ0) is 20.9. The van der Waals surface area contributed by atoms with Gasteiger partial charge in [0, 0.05) is 10.9 Å². The van der Waals surface area contributed by atoms with Gasteiger partial charge in [0.05, 0.1) is 17.9 Å². The molecule has 2 heterocycles. The molecule has 0 aliphatic carbocycles. The lowest BCUT2D eigenvalue weighted by atomic mass is 10.2. The summed E-state index contributed by atoms with van der Waals surface area (Å²) in [5, 5.41) is 4.89. The molecular formula is C21H17N3O5S. The number of carbonyl (C=O) groups excluding carboxylic acids is 2. The number of nitrogens with one attached hydrogen (secondary N) is 1. The van der Waals surface area contributed by atoms with Crippen LogP contribution in [0.4, 0.5) is 5.13 Å². The zero-order valence-corrected chi connectivity index (χ0v) is 16.8. The van der Waals surface area contributed by atoms with Gasteiger partial charge >= 0.3 is 5.97 Å². The van der Waals surface area contributed by atoms with Crippen LogP contribution in [0.15, 0.2) is 58.7 Å². The molecule has 0 spiro atoms. The summed E-state index contributed by atoms with van der Waals surface area (Å²) in [6.45, 7) is 2.10. The molecule has 4 aromatic rings. The highest BCUT2D eigenvalue weighted by Gasteiger charge is 2.14. The third kappa shape index (κ3) is 4.47. The van der Waals surface area contributed by atoms with E-state index in [1.807, 2.05) is 36.6 Å². The van der Waals surface area contributed by atoms with E-state index >= 15 is 0 Å². The molecule has 8 nitrogen and oxygen atoms in total. The Kier molecular flexibility index (Phi) is 5.71. The van der Waals surface area contributed by atoms with Crippen molar-refractivity contribution in [2.75, 3.05) is 18.5 Å². The standard InChI is InChI=1S/C21H17N3O5S/c1-2-27-15-6-3-13(4-7-15)17-11-30-21(23-17)24-19(25)10-28-20(26)14-5-8-16-18(9-14)29-12-22-16/h3-9,11-12H,2,10H2,1H3,(H,23,24,25). The zero-order valence-electron chi connectivity index (χ0n) is 16.0. The van der Waals surface area contributed by atoms with E-state index in [-0.39, 0.29) is 5.56 Å². The predicted octanol–water partition coefficient (Wildman–Crippen LogP) is 4.15. The van der Waals surface area contributed by atoms with Crippen molar-refractivity contribution in [1.82, 2.24) is 9.97 Å². The molecule has 2 aromatic carbocycles. The maximum absolute atomic E-state index is 12.1. The van der Waals surface area contributed by atoms with Crippen molar-refractivity contribution >= 4 is 39.4 Å². The number of oxazole rings is 1. The first kappa shape index (κ1) is 19.6. The summed E-state index contributed by atoms with van der Waals surface area (Å²) < 4.78 is 15.6. The number of carbonyl (C=O) groups is 2. The largest absolute Gasteiger partial charge is 0.494 e. The molecule has 9 heteroatoms. The highest BCUT2D eigenvalue weighted by Crippen LogP contribution is 2.26. The van der Waals surface area contributed by atoms with Crippen LogP contribution in [0.5, 0.6) is 5.75 Å². The van der Waals surface area contributed by atoms with Gasteiger partial charge in [-0.3, -0.25) is 10.1 Å². The van der Waals surface area contributed by atoms with Crippen LogP contribution in [0.25, 0.3) is 22.4 Å². The first-order chi connectivity index (χ1) is 14.6. The van der Waals surface area contributed by atoms with Gasteiger partial charge in [0.25, 0.3) is 5.91 Å². The van der Waals surface area contributed by atoms with Crippen molar-refractivity contribution in [2.45, 2.75) is 6.92 Å². The van der Waals surface area contributed by atoms with Crippen LogP contribution >= 0.6 is 11.3 Å². The smallest absolute Gasteiger partial charge is 0.338 e. The van der Waals surface area contributed by atoms with E-state index in [4.69, 9.17) is 13.9 Å². The molecule has 4 rings (SSSR count). The summed E-state index contributed by atoms with van der Waals surface area (Å²) in [7, 11) is 0. The summed E-state index contributed by atoms with van der Waals surface area (Å²) in [5.41, 5.74) is 3.02. The number of ether oxygens (including phenoxy) is 2. The number of benzene rings is 2. The predicted molar refractivity (Wildman–Crippen MR) is 112 cm³/mol. The van der Waals surface area contributed by atoms with Gasteiger partial charge in [-0.05, 0) is 49.4 Å². The number of amides is 1. The Morgan fingerprint density at radius 3 is 2.80 bits per heavy atom. The van der Waals surface area contributed by atoms with Crippen LogP contribution in [0.3, 0.4) is 0 Å². The van der Waals surface area contributed by atoms with E-state index in [0.717, 1.165) is 17.0 Å². The molecule has 152 valence electrons. The summed E-state index contributed by atoms with van der Waals surface area (Å²) in [5.74, 6) is -0.316. The fourth-order valence-electron chi connectivity index (χ4n) is 2.70. The molecule has 0 aliphatic rings. The van der Waals surface area contributed by atoms with E-state index in [1.165, 1.54) is 23.8 Å². The Labute approximate surface area is 175 Å². The second-order valence-electron chi connectivity index (χ2n) is 6.15. The number of anilines is 1. The fourth-order valence-corrected chi connectivity index (χ4v) is 3.44. The second-order valence-corrected chi connectivity index (χ2v) is 7.01. The highest BCUT2D eigenvalue weighted by molar-refractivity contribution is 7.14. The van der Waals surface area contributed by atoms with Crippen LogP contribution in [0, 0.1) is 0 Å². The van der Waals surface area contributed by atoms with E-state index in [0.29, 0.717) is 22.8 Å². The number of nitrogens with zero attached hydrogens (tertiary/aromatic N) is 2. The minimum Gasteiger partial charge on any atom is -0.494 e. The fraction of sp³-hybridized carbons (Fsp3) is 0.143. The number of esters is 1. The minimum absolute atomic E-state index is 0.277. The van der Waals surface area contributed by atoms with Crippen LogP contribution < -0.4 is 10.1 Å². The molecule has 0 saturated carbocycles. The van der Waals surface area contributed by atoms with Gasteiger partial charge in [-0.1, -0.05) is 0 Å². The average Bonchev–Trinajstić information content (AvgIpc) is 3.41. The van der Waals surface area contributed by atoms with Gasteiger partial charge < -0.3 is 13.9 Å². The molecule has 30 heavy (non-hydrogen) atoms. The van der Waals surface area contributed by atoms with Crippen LogP contribution in [-0.4, -0.2) is 35.1 Å². The normalized spacial score (nSPS) is 10.7. The lowest BCUT2D eigenvalue weighted by Gasteiger charge is -2.05. The molecule has 1 N–H and O–H groups in total. The molecule has 0 aliphatic heterocycles. The van der Waals surface area contributed by atoms with E-state index in [1.54, 1.807) is 12.1 Å². The van der Waals surface area contributed by atoms with Gasteiger partial charge in [-0.2, -0.15) is 0 Å². The highest BCUT2D eigenvalue weighted by atomic mass is 32.1. The maximum atomic E-state index is 12.1. The number of aromatic nitrogens is 2. The summed E-state index contributed by atoms with van der Waals surface area (Å²) in [6, 6.07) is 12.3. The molecule has 0 saturated heterocycles. The Morgan fingerprint density at radius 1 is 1.17 bits per heavy atom. The van der Waals surface area contributed by atoms with E-state index in [9.17, 15) is 9.59 Å². The number of rotatable bonds is 7. The third-order valence-corrected chi connectivity index (χ3v) is 4.87. The molecule has 2 aromatic heterocycles. The quantitative estimate of drug-likeness (QED) is 0.445. The molecule has 0 bridgehead atoms. The van der Waals surface area contributed by atoms with Gasteiger partial charge in [0.1, 0.15) is 11.3 Å². The Hall–Kier alpha value is -3.72.